The first kappa shape index (κ1) is 15.1. The number of carbonyl (C=O) groups is 2. The van der Waals surface area contributed by atoms with Crippen LogP contribution in [0.3, 0.4) is 0 Å². The Bertz CT molecular complexity index is 598. The summed E-state index contributed by atoms with van der Waals surface area (Å²) in [5.74, 6) is -0.274. The maximum absolute atomic E-state index is 11.9. The van der Waals surface area contributed by atoms with Crippen molar-refractivity contribution in [2.24, 2.45) is 5.92 Å². The lowest BCUT2D eigenvalue weighted by atomic mass is 10.1. The van der Waals surface area contributed by atoms with Crippen LogP contribution in [0.1, 0.15) is 30.8 Å². The molecule has 21 heavy (non-hydrogen) atoms. The van der Waals surface area contributed by atoms with Crippen LogP contribution in [-0.2, 0) is 9.53 Å². The molecule has 1 heterocycles. The summed E-state index contributed by atoms with van der Waals surface area (Å²) in [6.45, 7) is 4.51. The van der Waals surface area contributed by atoms with Gasteiger partial charge in [0.25, 0.3) is 5.91 Å². The van der Waals surface area contributed by atoms with Crippen LogP contribution in [0, 0.1) is 5.92 Å². The molecule has 0 bridgehead atoms. The minimum atomic E-state index is -0.523. The maximum atomic E-state index is 11.9. The number of carbonyl (C=O) groups excluding carboxylic acids is 2. The molecular weight excluding hydrogens is 268 g/mol. The van der Waals surface area contributed by atoms with Gasteiger partial charge < -0.3 is 15.0 Å². The number of hydrogen-bond acceptors (Lipinski definition) is 3. The number of hydrogen-bond donors (Lipinski definition) is 2. The predicted octanol–water partition coefficient (Wildman–Crippen LogP) is 2.49. The molecule has 5 nitrogen and oxygen atoms in total. The Kier molecular flexibility index (Phi) is 4.98. The molecule has 0 atom stereocenters. The number of rotatable bonds is 6. The highest BCUT2D eigenvalue weighted by Gasteiger charge is 2.12. The average molecular weight is 288 g/mol. The van der Waals surface area contributed by atoms with Gasteiger partial charge in [-0.25, -0.2) is 4.79 Å². The summed E-state index contributed by atoms with van der Waals surface area (Å²) in [6.07, 6.45) is 0.904. The second-order valence-corrected chi connectivity index (χ2v) is 5.38. The summed E-state index contributed by atoms with van der Waals surface area (Å²) in [5.41, 5.74) is 1.22. The number of para-hydroxylation sites is 1. The molecule has 0 aliphatic rings. The quantitative estimate of drug-likeness (QED) is 0.802. The summed E-state index contributed by atoms with van der Waals surface area (Å²) in [5, 5.41) is 3.66. The van der Waals surface area contributed by atoms with Crippen LogP contribution < -0.4 is 5.32 Å². The second-order valence-electron chi connectivity index (χ2n) is 5.38. The van der Waals surface area contributed by atoms with E-state index in [1.807, 2.05) is 24.3 Å². The van der Waals surface area contributed by atoms with E-state index in [4.69, 9.17) is 4.74 Å². The molecule has 0 unspecified atom stereocenters. The van der Waals surface area contributed by atoms with Crippen molar-refractivity contribution < 1.29 is 14.3 Å². The lowest BCUT2D eigenvalue weighted by molar-refractivity contribution is -0.124. The molecule has 5 heteroatoms. The predicted molar refractivity (Wildman–Crippen MR) is 81.0 cm³/mol. The maximum Gasteiger partial charge on any atom is 0.355 e. The van der Waals surface area contributed by atoms with Crippen LogP contribution in [0.25, 0.3) is 10.9 Å². The van der Waals surface area contributed by atoms with Crippen molar-refractivity contribution in [1.29, 1.82) is 0 Å². The number of fused-ring (bicyclic) bond motifs is 1. The Labute approximate surface area is 123 Å². The molecule has 2 rings (SSSR count). The number of amides is 1. The summed E-state index contributed by atoms with van der Waals surface area (Å²) in [6, 6.07) is 9.28. The van der Waals surface area contributed by atoms with Gasteiger partial charge in [-0.3, -0.25) is 4.79 Å². The van der Waals surface area contributed by atoms with Crippen LogP contribution in [0.2, 0.25) is 0 Å². The van der Waals surface area contributed by atoms with Crippen molar-refractivity contribution in [1.82, 2.24) is 10.3 Å². The number of esters is 1. The third kappa shape index (κ3) is 4.34. The Morgan fingerprint density at radius 2 is 2.05 bits per heavy atom. The molecule has 0 radical (unpaired) electrons. The van der Waals surface area contributed by atoms with Gasteiger partial charge in [-0.05, 0) is 24.5 Å². The minimum absolute atomic E-state index is 0.258. The fourth-order valence-corrected chi connectivity index (χ4v) is 1.94. The Morgan fingerprint density at radius 1 is 1.29 bits per heavy atom. The van der Waals surface area contributed by atoms with Crippen molar-refractivity contribution in [3.8, 4) is 0 Å². The summed E-state index contributed by atoms with van der Waals surface area (Å²) in [4.78, 5) is 26.4. The number of aromatic nitrogens is 1. The van der Waals surface area contributed by atoms with Crippen molar-refractivity contribution in [3.63, 3.8) is 0 Å². The normalized spacial score (nSPS) is 10.8. The van der Waals surface area contributed by atoms with Gasteiger partial charge in [0.05, 0.1) is 0 Å². The molecule has 1 amide bonds. The van der Waals surface area contributed by atoms with Crippen LogP contribution in [0.4, 0.5) is 0 Å². The molecule has 0 saturated heterocycles. The molecule has 2 N–H and O–H groups in total. The fraction of sp³-hybridized carbons (Fsp3) is 0.375. The topological polar surface area (TPSA) is 71.2 Å². The van der Waals surface area contributed by atoms with Crippen LogP contribution in [-0.4, -0.2) is 30.0 Å². The van der Waals surface area contributed by atoms with Gasteiger partial charge in [0.15, 0.2) is 6.61 Å². The van der Waals surface area contributed by atoms with Gasteiger partial charge in [0.1, 0.15) is 5.69 Å². The van der Waals surface area contributed by atoms with Crippen LogP contribution >= 0.6 is 0 Å². The van der Waals surface area contributed by atoms with E-state index in [0.717, 1.165) is 17.3 Å². The minimum Gasteiger partial charge on any atom is -0.451 e. The highest BCUT2D eigenvalue weighted by Crippen LogP contribution is 2.15. The number of ether oxygens (including phenoxy) is 1. The lowest BCUT2D eigenvalue weighted by Gasteiger charge is -2.07. The summed E-state index contributed by atoms with van der Waals surface area (Å²) >= 11 is 0. The van der Waals surface area contributed by atoms with Crippen molar-refractivity contribution in [2.75, 3.05) is 13.2 Å². The Balaban J connectivity index is 1.82. The highest BCUT2D eigenvalue weighted by atomic mass is 16.5. The van der Waals surface area contributed by atoms with E-state index in [1.165, 1.54) is 0 Å². The molecule has 0 aliphatic heterocycles. The van der Waals surface area contributed by atoms with Gasteiger partial charge in [-0.1, -0.05) is 32.0 Å². The summed E-state index contributed by atoms with van der Waals surface area (Å²) < 4.78 is 4.99. The smallest absolute Gasteiger partial charge is 0.355 e. The monoisotopic (exact) mass is 288 g/mol. The molecule has 0 fully saturated rings. The first-order valence-electron chi connectivity index (χ1n) is 7.08. The standard InChI is InChI=1S/C16H20N2O3/c1-11(2)7-8-17-15(19)10-21-16(20)14-9-12-5-3-4-6-13(12)18-14/h3-6,9,11,18H,7-8,10H2,1-2H3,(H,17,19). The van der Waals surface area contributed by atoms with E-state index in [2.05, 4.69) is 24.1 Å². The zero-order valence-electron chi connectivity index (χ0n) is 12.3. The molecule has 2 aromatic rings. The van der Waals surface area contributed by atoms with Crippen molar-refractivity contribution in [2.45, 2.75) is 20.3 Å². The van der Waals surface area contributed by atoms with Gasteiger partial charge in [-0.15, -0.1) is 0 Å². The number of nitrogens with one attached hydrogen (secondary N) is 2. The third-order valence-electron chi connectivity index (χ3n) is 3.13. The van der Waals surface area contributed by atoms with Crippen LogP contribution in [0.15, 0.2) is 30.3 Å². The van der Waals surface area contributed by atoms with Crippen molar-refractivity contribution in [3.05, 3.63) is 36.0 Å². The van der Waals surface area contributed by atoms with E-state index in [-0.39, 0.29) is 12.5 Å². The molecule has 0 aliphatic carbocycles. The van der Waals surface area contributed by atoms with Gasteiger partial charge in [0.2, 0.25) is 0 Å². The Hall–Kier alpha value is -2.30. The molecule has 0 spiro atoms. The second kappa shape index (κ2) is 6.92. The fourth-order valence-electron chi connectivity index (χ4n) is 1.94. The molecule has 1 aromatic carbocycles. The lowest BCUT2D eigenvalue weighted by Crippen LogP contribution is -2.30. The van der Waals surface area contributed by atoms with E-state index in [1.54, 1.807) is 6.07 Å². The Morgan fingerprint density at radius 3 is 2.76 bits per heavy atom. The van der Waals surface area contributed by atoms with Crippen LogP contribution in [0.5, 0.6) is 0 Å². The third-order valence-corrected chi connectivity index (χ3v) is 3.13. The molecule has 112 valence electrons. The van der Waals surface area contributed by atoms with E-state index < -0.39 is 5.97 Å². The zero-order chi connectivity index (χ0) is 15.2. The molecule has 0 saturated carbocycles. The van der Waals surface area contributed by atoms with E-state index in [9.17, 15) is 9.59 Å². The van der Waals surface area contributed by atoms with Crippen molar-refractivity contribution >= 4 is 22.8 Å². The van der Waals surface area contributed by atoms with E-state index >= 15 is 0 Å². The molecule has 1 aromatic heterocycles. The van der Waals surface area contributed by atoms with Gasteiger partial charge >= 0.3 is 5.97 Å². The zero-order valence-corrected chi connectivity index (χ0v) is 12.3. The van der Waals surface area contributed by atoms with E-state index in [0.29, 0.717) is 18.2 Å². The van der Waals surface area contributed by atoms with Gasteiger partial charge in [-0.2, -0.15) is 0 Å². The first-order chi connectivity index (χ1) is 10.1. The number of aromatic amines is 1. The average Bonchev–Trinajstić information content (AvgIpc) is 2.88. The first-order valence-corrected chi connectivity index (χ1v) is 7.08. The number of benzene rings is 1. The number of H-pyrrole nitrogens is 1. The van der Waals surface area contributed by atoms with Gasteiger partial charge in [0, 0.05) is 17.4 Å². The largest absolute Gasteiger partial charge is 0.451 e. The highest BCUT2D eigenvalue weighted by molar-refractivity contribution is 5.95. The molecular formula is C16H20N2O3. The SMILES string of the molecule is CC(C)CCNC(=O)COC(=O)c1cc2ccccc2[nH]1. The summed E-state index contributed by atoms with van der Waals surface area (Å²) in [7, 11) is 0.